The minimum absolute atomic E-state index is 0. The summed E-state index contributed by atoms with van der Waals surface area (Å²) >= 11 is -5.38. The van der Waals surface area contributed by atoms with E-state index in [4.69, 9.17) is 33.2 Å². The minimum atomic E-state index is -5.38. The van der Waals surface area contributed by atoms with Crippen LogP contribution >= 0.6 is 0 Å². The number of hydrogen-bond donors (Lipinski definition) is 3. The first-order chi connectivity index (χ1) is 4.00. The molecule has 0 fully saturated rings. The summed E-state index contributed by atoms with van der Waals surface area (Å²) in [5.74, 6) is 0. The van der Waals surface area contributed by atoms with E-state index < -0.39 is 23.4 Å². The second-order valence-corrected chi connectivity index (χ2v) is 2.98. The van der Waals surface area contributed by atoms with Crippen LogP contribution in [0.4, 0.5) is 0 Å². The average Bonchev–Trinajstić information content (AvgIpc) is 1.12. The number of hydrogen-bond acceptors (Lipinski definition) is 5. The molecule has 0 saturated carbocycles. The fraction of sp³-hybridized carbons (Fsp3) is 0. The van der Waals surface area contributed by atoms with Crippen molar-refractivity contribution in [2.45, 2.75) is 0 Å². The van der Waals surface area contributed by atoms with Gasteiger partial charge in [-0.2, -0.15) is 8.42 Å². The molecule has 0 aliphatic carbocycles. The summed E-state index contributed by atoms with van der Waals surface area (Å²) in [6.07, 6.45) is 0. The fourth-order valence-electron chi connectivity index (χ4n) is 0. The first-order valence-electron chi connectivity index (χ1n) is 1.33. The van der Waals surface area contributed by atoms with Crippen LogP contribution in [0.3, 0.4) is 0 Å². The van der Waals surface area contributed by atoms with Crippen molar-refractivity contribution < 1.29 is 46.2 Å². The normalized spacial score (nSPS) is 9.58. The molecule has 12 heavy (non-hydrogen) atoms. The van der Waals surface area contributed by atoms with Crippen molar-refractivity contribution in [2.24, 2.45) is 0 Å². The molecule has 0 aromatic rings. The predicted octanol–water partition coefficient (Wildman–Crippen LogP) is -2.87. The van der Waals surface area contributed by atoms with Crippen LogP contribution in [0.15, 0.2) is 0 Å². The van der Waals surface area contributed by atoms with Crippen molar-refractivity contribution in [1.82, 2.24) is 0 Å². The van der Waals surface area contributed by atoms with Crippen molar-refractivity contribution in [2.75, 3.05) is 0 Å². The van der Waals surface area contributed by atoms with Gasteiger partial charge in [-0.05, 0) is 0 Å². The second kappa shape index (κ2) is 10.5. The SMILES string of the molecule is O=S(=O)(O)O.[KH].[KH].[O]=[Mn](=[O])(=[O])[OH]. The summed E-state index contributed by atoms with van der Waals surface area (Å²) in [6.45, 7) is 0. The molecule has 0 radical (unpaired) electrons. The zero-order chi connectivity index (χ0) is 9.00. The molecule has 0 heterocycles. The molecule has 0 aromatic heterocycles. The first-order valence-corrected chi connectivity index (χ1v) is 4.70. The van der Waals surface area contributed by atoms with Gasteiger partial charge in [0.1, 0.15) is 0 Å². The topological polar surface area (TPSA) is 146 Å². The maximum atomic E-state index is 8.74. The zero-order valence-corrected chi connectivity index (χ0v) is 6.17. The van der Waals surface area contributed by atoms with Crippen LogP contribution in [0.25, 0.3) is 0 Å². The molecule has 0 bridgehead atoms. The Kier molecular flexibility index (Phi) is 21.3. The standard InChI is InChI=1S/2K.Mn.H2O4S.H2O.3O.2H/c;;;1-5(2,3)4;;;;;;/h;;;(H2,1,2,3,4);1H2;;;;;/q;;+1;;;;;;;/p-1. The van der Waals surface area contributed by atoms with E-state index in [9.17, 15) is 0 Å². The molecule has 0 unspecified atom stereocenters. The van der Waals surface area contributed by atoms with Crippen molar-refractivity contribution in [3.63, 3.8) is 0 Å². The molecule has 0 atom stereocenters. The zero-order valence-electron chi connectivity index (χ0n) is 4.17. The van der Waals surface area contributed by atoms with Crippen LogP contribution in [-0.2, 0) is 34.9 Å². The van der Waals surface area contributed by atoms with Crippen molar-refractivity contribution in [3.05, 3.63) is 0 Å². The average molecular weight is 298 g/mol. The Labute approximate surface area is 155 Å². The van der Waals surface area contributed by atoms with Gasteiger partial charge in [0.2, 0.25) is 0 Å². The molecule has 0 amide bonds. The Balaban J connectivity index is -0.0000000457. The monoisotopic (exact) mass is 298 g/mol. The van der Waals surface area contributed by atoms with E-state index in [1.807, 2.05) is 0 Å². The van der Waals surface area contributed by atoms with Crippen LogP contribution in [-0.4, -0.2) is 124 Å². The summed E-state index contributed by atoms with van der Waals surface area (Å²) in [6, 6.07) is 0. The van der Waals surface area contributed by atoms with Crippen LogP contribution in [0, 0.1) is 0 Å². The van der Waals surface area contributed by atoms with Gasteiger partial charge in [0.15, 0.2) is 0 Å². The van der Waals surface area contributed by atoms with Crippen molar-refractivity contribution in [1.29, 1.82) is 0 Å². The Morgan fingerprint density at radius 2 is 0.917 bits per heavy atom. The molecule has 3 N–H and O–H groups in total. The molecular formula is H5K2MnO8S. The van der Waals surface area contributed by atoms with Gasteiger partial charge in [-0.3, -0.25) is 9.11 Å². The van der Waals surface area contributed by atoms with Crippen LogP contribution < -0.4 is 0 Å². The Bertz CT molecular complexity index is 292. The summed E-state index contributed by atoms with van der Waals surface area (Å²) in [5, 5.41) is 0. The van der Waals surface area contributed by atoms with Crippen LogP contribution in [0.1, 0.15) is 0 Å². The summed E-state index contributed by atoms with van der Waals surface area (Å²) in [5.41, 5.74) is 0. The third kappa shape index (κ3) is 206. The molecule has 0 rings (SSSR count). The molecule has 0 aliphatic rings. The fourth-order valence-corrected chi connectivity index (χ4v) is 0. The van der Waals surface area contributed by atoms with Crippen LogP contribution in [0.2, 0.25) is 0 Å². The Morgan fingerprint density at radius 3 is 0.917 bits per heavy atom. The third-order valence-electron chi connectivity index (χ3n) is 0. The van der Waals surface area contributed by atoms with E-state index in [2.05, 4.69) is 0 Å². The van der Waals surface area contributed by atoms with Gasteiger partial charge < -0.3 is 0 Å². The van der Waals surface area contributed by atoms with Gasteiger partial charge in [-0.25, -0.2) is 0 Å². The first kappa shape index (κ1) is 24.3. The predicted molar refractivity (Wildman–Crippen MR) is 32.8 cm³/mol. The Hall–Kier alpha value is 3.02. The molecule has 0 aromatic carbocycles. The van der Waals surface area contributed by atoms with E-state index in [0.717, 1.165) is 0 Å². The summed E-state index contributed by atoms with van der Waals surface area (Å²) in [4.78, 5) is 0. The van der Waals surface area contributed by atoms with Crippen molar-refractivity contribution >= 4 is 113 Å². The molecule has 0 aliphatic heterocycles. The van der Waals surface area contributed by atoms with E-state index in [1.165, 1.54) is 0 Å². The van der Waals surface area contributed by atoms with Gasteiger partial charge >= 0.3 is 142 Å². The van der Waals surface area contributed by atoms with Gasteiger partial charge in [0.25, 0.3) is 0 Å². The van der Waals surface area contributed by atoms with Crippen molar-refractivity contribution in [3.8, 4) is 0 Å². The molecule has 8 nitrogen and oxygen atoms in total. The summed E-state index contributed by atoms with van der Waals surface area (Å²) < 4.78 is 64.6. The third-order valence-corrected chi connectivity index (χ3v) is 0. The molecule has 0 spiro atoms. The Morgan fingerprint density at radius 1 is 0.917 bits per heavy atom. The molecule has 68 valence electrons. The maximum absolute atomic E-state index is 8.74. The van der Waals surface area contributed by atoms with E-state index >= 15 is 0 Å². The van der Waals surface area contributed by atoms with E-state index in [0.29, 0.717) is 0 Å². The van der Waals surface area contributed by atoms with Gasteiger partial charge in [-0.15, -0.1) is 0 Å². The quantitative estimate of drug-likeness (QED) is 0.319. The second-order valence-electron chi connectivity index (χ2n) is 0.844. The van der Waals surface area contributed by atoms with E-state index in [1.54, 1.807) is 0 Å². The van der Waals surface area contributed by atoms with Crippen LogP contribution in [0.5, 0.6) is 0 Å². The number of rotatable bonds is 0. The summed E-state index contributed by atoms with van der Waals surface area (Å²) in [7, 11) is -4.67. The van der Waals surface area contributed by atoms with Gasteiger partial charge in [-0.1, -0.05) is 0 Å². The van der Waals surface area contributed by atoms with Gasteiger partial charge in [0, 0.05) is 0 Å². The van der Waals surface area contributed by atoms with E-state index in [-0.39, 0.29) is 103 Å². The molecule has 0 saturated heterocycles. The molecular weight excluding hydrogens is 293 g/mol. The van der Waals surface area contributed by atoms with Gasteiger partial charge in [0.05, 0.1) is 0 Å². The molecule has 12 heteroatoms.